The van der Waals surface area contributed by atoms with Crippen LogP contribution in [0.15, 0.2) is 46.2 Å². The predicted molar refractivity (Wildman–Crippen MR) is 137 cm³/mol. The number of nitrogens with one attached hydrogen (secondary N) is 2. The molecule has 0 radical (unpaired) electrons. The number of rotatable bonds is 8. The first-order valence-electron chi connectivity index (χ1n) is 12.8. The van der Waals surface area contributed by atoms with Gasteiger partial charge < -0.3 is 10.3 Å². The van der Waals surface area contributed by atoms with Crippen molar-refractivity contribution in [3.05, 3.63) is 68.6 Å². The van der Waals surface area contributed by atoms with Crippen molar-refractivity contribution in [2.45, 2.75) is 58.4 Å². The Morgan fingerprint density at radius 1 is 1.05 bits per heavy atom. The topological polar surface area (TPSA) is 120 Å². The van der Waals surface area contributed by atoms with E-state index in [1.165, 1.54) is 27.5 Å². The molecule has 0 saturated carbocycles. The molecule has 13 heteroatoms. The Hall–Kier alpha value is -4.16. The highest BCUT2D eigenvalue weighted by Crippen LogP contribution is 2.35. The zero-order chi connectivity index (χ0) is 27.9. The van der Waals surface area contributed by atoms with Crippen LogP contribution >= 0.6 is 0 Å². The number of hydrogen-bond acceptors (Lipinski definition) is 5. The lowest BCUT2D eigenvalue weighted by Crippen LogP contribution is -2.40. The Balaban J connectivity index is 1.58. The Kier molecular flexibility index (Phi) is 6.91. The lowest BCUT2D eigenvalue weighted by Gasteiger charge is -2.23. The quantitative estimate of drug-likeness (QED) is 0.353. The summed E-state index contributed by atoms with van der Waals surface area (Å²) in [6.07, 6.45) is 0.230. The van der Waals surface area contributed by atoms with E-state index in [1.807, 2.05) is 13.8 Å². The van der Waals surface area contributed by atoms with Gasteiger partial charge in [0.1, 0.15) is 11.3 Å². The van der Waals surface area contributed by atoms with Crippen molar-refractivity contribution in [2.24, 2.45) is 5.92 Å². The van der Waals surface area contributed by atoms with Crippen LogP contribution in [-0.2, 0) is 24.1 Å². The highest BCUT2D eigenvalue weighted by atomic mass is 19.4. The second-order valence-corrected chi connectivity index (χ2v) is 9.72. The summed E-state index contributed by atoms with van der Waals surface area (Å²) in [6, 6.07) is 4.32. The number of aromatic nitrogens is 6. The van der Waals surface area contributed by atoms with Crippen molar-refractivity contribution in [2.75, 3.05) is 6.54 Å². The highest BCUT2D eigenvalue weighted by molar-refractivity contribution is 5.78. The van der Waals surface area contributed by atoms with Gasteiger partial charge in [-0.3, -0.25) is 23.4 Å². The van der Waals surface area contributed by atoms with E-state index in [4.69, 9.17) is 0 Å². The van der Waals surface area contributed by atoms with Gasteiger partial charge in [0.2, 0.25) is 5.91 Å². The van der Waals surface area contributed by atoms with Gasteiger partial charge in [0.05, 0.1) is 23.4 Å². The number of aryl methyl sites for hydroxylation is 1. The summed E-state index contributed by atoms with van der Waals surface area (Å²) in [7, 11) is 0. The number of aromatic amines is 1. The molecule has 2 N–H and O–H groups in total. The average Bonchev–Trinajstić information content (AvgIpc) is 3.65. The van der Waals surface area contributed by atoms with E-state index in [0.717, 1.165) is 12.1 Å². The minimum Gasteiger partial charge on any atom is -0.356 e. The molecule has 1 amide bonds. The van der Waals surface area contributed by atoms with E-state index >= 15 is 0 Å². The fourth-order valence-corrected chi connectivity index (χ4v) is 5.12. The molecule has 0 bridgehead atoms. The van der Waals surface area contributed by atoms with Crippen LogP contribution in [0.4, 0.5) is 13.2 Å². The van der Waals surface area contributed by atoms with Crippen molar-refractivity contribution in [1.82, 2.24) is 34.2 Å². The first-order chi connectivity index (χ1) is 18.6. The Morgan fingerprint density at radius 3 is 2.36 bits per heavy atom. The molecule has 2 unspecified atom stereocenters. The average molecular weight is 544 g/mol. The molecule has 1 aromatic carbocycles. The zero-order valence-corrected chi connectivity index (χ0v) is 21.5. The maximum Gasteiger partial charge on any atom is 0.416 e. The number of hydrogen-bond donors (Lipinski definition) is 2. The van der Waals surface area contributed by atoms with Gasteiger partial charge in [-0.25, -0.2) is 9.78 Å². The number of alkyl halides is 3. The van der Waals surface area contributed by atoms with Crippen molar-refractivity contribution in [3.63, 3.8) is 0 Å². The third kappa shape index (κ3) is 4.88. The van der Waals surface area contributed by atoms with Crippen LogP contribution < -0.4 is 16.6 Å². The number of benzene rings is 1. The Morgan fingerprint density at radius 2 is 1.74 bits per heavy atom. The van der Waals surface area contributed by atoms with Gasteiger partial charge in [-0.05, 0) is 30.5 Å². The van der Waals surface area contributed by atoms with Crippen molar-refractivity contribution < 1.29 is 18.0 Å². The first-order valence-corrected chi connectivity index (χ1v) is 12.8. The minimum absolute atomic E-state index is 0.140. The molecule has 206 valence electrons. The van der Waals surface area contributed by atoms with Crippen molar-refractivity contribution >= 4 is 17.1 Å². The molecule has 10 nitrogen and oxygen atoms in total. The van der Waals surface area contributed by atoms with Gasteiger partial charge in [0.15, 0.2) is 5.65 Å². The lowest BCUT2D eigenvalue weighted by molar-refractivity contribution is -0.137. The fourth-order valence-electron chi connectivity index (χ4n) is 5.12. The zero-order valence-electron chi connectivity index (χ0n) is 21.5. The molecule has 1 aliphatic rings. The third-order valence-electron chi connectivity index (χ3n) is 6.95. The SMILES string of the molecule is CCCn1c(=O)c2[nH]c(-c3cnn(C(c4ccc(C(F)(F)F)cc4)C4CNC(=O)C4)c3)nc2n(CCC)c1=O. The van der Waals surface area contributed by atoms with E-state index in [2.05, 4.69) is 20.4 Å². The van der Waals surface area contributed by atoms with E-state index in [-0.39, 0.29) is 36.0 Å². The highest BCUT2D eigenvalue weighted by Gasteiger charge is 2.34. The Labute approximate surface area is 220 Å². The molecule has 0 spiro atoms. The summed E-state index contributed by atoms with van der Waals surface area (Å²) in [5, 5.41) is 7.25. The number of amides is 1. The van der Waals surface area contributed by atoms with Crippen LogP contribution in [0.25, 0.3) is 22.6 Å². The fraction of sp³-hybridized carbons (Fsp3) is 0.423. The second-order valence-electron chi connectivity index (χ2n) is 9.72. The third-order valence-corrected chi connectivity index (χ3v) is 6.95. The van der Waals surface area contributed by atoms with E-state index < -0.39 is 29.0 Å². The normalized spacial score (nSPS) is 16.6. The number of imidazole rings is 1. The number of nitrogens with zero attached hydrogens (tertiary/aromatic N) is 5. The van der Waals surface area contributed by atoms with Crippen LogP contribution in [0.5, 0.6) is 0 Å². The number of carbonyl (C=O) groups excluding carboxylic acids is 1. The number of fused-ring (bicyclic) bond motifs is 1. The Bertz CT molecular complexity index is 1630. The van der Waals surface area contributed by atoms with Crippen LogP contribution in [0.2, 0.25) is 0 Å². The largest absolute Gasteiger partial charge is 0.416 e. The molecule has 0 aliphatic carbocycles. The molecule has 4 aromatic rings. The molecule has 1 fully saturated rings. The standard InChI is InChI=1S/C26H28F3N7O3/c1-3-9-34-23-20(24(38)35(10-4-2)25(34)39)32-22(33-23)17-13-31-36(14-17)21(16-11-19(37)30-12-16)15-5-7-18(8-6-15)26(27,28)29/h5-8,13-14,16,21H,3-4,9-12H2,1-2H3,(H,30,37)(H,32,33). The summed E-state index contributed by atoms with van der Waals surface area (Å²) in [4.78, 5) is 45.7. The van der Waals surface area contributed by atoms with Crippen LogP contribution in [0.3, 0.4) is 0 Å². The first kappa shape index (κ1) is 26.4. The summed E-state index contributed by atoms with van der Waals surface area (Å²) >= 11 is 0. The predicted octanol–water partition coefficient (Wildman–Crippen LogP) is 3.31. The summed E-state index contributed by atoms with van der Waals surface area (Å²) < 4.78 is 43.7. The maximum atomic E-state index is 13.1. The molecule has 1 saturated heterocycles. The number of halogens is 3. The van der Waals surface area contributed by atoms with E-state index in [1.54, 1.807) is 10.9 Å². The molecule has 5 rings (SSSR count). The van der Waals surface area contributed by atoms with Gasteiger partial charge in [0, 0.05) is 38.2 Å². The molecule has 3 aromatic heterocycles. The van der Waals surface area contributed by atoms with Gasteiger partial charge in [-0.15, -0.1) is 0 Å². The molecule has 4 heterocycles. The number of carbonyl (C=O) groups is 1. The van der Waals surface area contributed by atoms with Gasteiger partial charge in [-0.1, -0.05) is 26.0 Å². The van der Waals surface area contributed by atoms with Gasteiger partial charge in [-0.2, -0.15) is 18.3 Å². The summed E-state index contributed by atoms with van der Waals surface area (Å²) in [5.41, 5.74) is -0.0589. The van der Waals surface area contributed by atoms with E-state index in [9.17, 15) is 27.6 Å². The number of H-pyrrole nitrogens is 1. The molecule has 2 atom stereocenters. The summed E-state index contributed by atoms with van der Waals surface area (Å²) in [6.45, 7) is 4.83. The van der Waals surface area contributed by atoms with Crippen molar-refractivity contribution in [1.29, 1.82) is 0 Å². The molecule has 1 aliphatic heterocycles. The van der Waals surface area contributed by atoms with Crippen LogP contribution in [-0.4, -0.2) is 41.3 Å². The molecular formula is C26H28F3N7O3. The minimum atomic E-state index is -4.46. The lowest BCUT2D eigenvalue weighted by atomic mass is 9.91. The van der Waals surface area contributed by atoms with Crippen LogP contribution in [0, 0.1) is 5.92 Å². The second kappa shape index (κ2) is 10.2. The summed E-state index contributed by atoms with van der Waals surface area (Å²) in [5.74, 6) is -0.0499. The van der Waals surface area contributed by atoms with E-state index in [0.29, 0.717) is 42.9 Å². The van der Waals surface area contributed by atoms with Gasteiger partial charge in [0.25, 0.3) is 5.56 Å². The van der Waals surface area contributed by atoms with Crippen molar-refractivity contribution in [3.8, 4) is 11.4 Å². The smallest absolute Gasteiger partial charge is 0.356 e. The van der Waals surface area contributed by atoms with Crippen LogP contribution in [0.1, 0.15) is 50.3 Å². The molecule has 39 heavy (non-hydrogen) atoms. The maximum absolute atomic E-state index is 13.1. The molecular weight excluding hydrogens is 515 g/mol. The monoisotopic (exact) mass is 543 g/mol. The van der Waals surface area contributed by atoms with Gasteiger partial charge >= 0.3 is 11.9 Å².